The fraction of sp³-hybridized carbons (Fsp3) is 0.833. The Morgan fingerprint density at radius 1 is 1.50 bits per heavy atom. The number of nitrogens with zero attached hydrogens (tertiary/aromatic N) is 1. The van der Waals surface area contributed by atoms with Gasteiger partial charge in [0.15, 0.2) is 0 Å². The van der Waals surface area contributed by atoms with Crippen LogP contribution < -0.4 is 5.73 Å². The molecule has 0 saturated heterocycles. The molecule has 2 atom stereocenters. The lowest BCUT2D eigenvalue weighted by atomic mass is 9.91. The molecule has 0 aliphatic heterocycles. The summed E-state index contributed by atoms with van der Waals surface area (Å²) in [5.41, 5.74) is 4.54. The van der Waals surface area contributed by atoms with Crippen LogP contribution in [0.1, 0.15) is 46.0 Å². The lowest BCUT2D eigenvalue weighted by molar-refractivity contribution is 0.0267. The first-order chi connectivity index (χ1) is 7.43. The third-order valence-corrected chi connectivity index (χ3v) is 3.19. The molecule has 1 aliphatic rings. The largest absolute Gasteiger partial charge is 0.444 e. The predicted molar refractivity (Wildman–Crippen MR) is 60.4 cm³/mol. The van der Waals surface area contributed by atoms with Crippen LogP contribution in [0.3, 0.4) is 0 Å². The van der Waals surface area contributed by atoms with Crippen LogP contribution in [0.2, 0.25) is 0 Å². The van der Waals surface area contributed by atoms with Gasteiger partial charge in [0.05, 0.1) is 6.07 Å². The number of nitriles is 1. The van der Waals surface area contributed by atoms with Gasteiger partial charge in [-0.05, 0) is 51.4 Å². The Hall–Kier alpha value is -1.24. The second-order valence-electron chi connectivity index (χ2n) is 5.29. The normalized spacial score (nSPS) is 25.1. The van der Waals surface area contributed by atoms with Crippen LogP contribution >= 0.6 is 0 Å². The van der Waals surface area contributed by atoms with Gasteiger partial charge in [-0.15, -0.1) is 0 Å². The summed E-state index contributed by atoms with van der Waals surface area (Å²) < 4.78 is 5.07. The molecule has 2 N–H and O–H groups in total. The smallest absolute Gasteiger partial charge is 0.405 e. The molecule has 0 bridgehead atoms. The van der Waals surface area contributed by atoms with Crippen molar-refractivity contribution in [3.05, 3.63) is 0 Å². The monoisotopic (exact) mass is 224 g/mol. The summed E-state index contributed by atoms with van der Waals surface area (Å²) in [5, 5.41) is 8.63. The number of primary amides is 1. The van der Waals surface area contributed by atoms with Crippen molar-refractivity contribution in [2.24, 2.45) is 17.6 Å². The number of amides is 1. The zero-order valence-corrected chi connectivity index (χ0v) is 10.0. The average molecular weight is 224 g/mol. The summed E-state index contributed by atoms with van der Waals surface area (Å²) in [6.45, 7) is 3.77. The molecule has 4 nitrogen and oxygen atoms in total. The van der Waals surface area contributed by atoms with Crippen LogP contribution in [-0.4, -0.2) is 11.7 Å². The van der Waals surface area contributed by atoms with Gasteiger partial charge in [-0.25, -0.2) is 4.79 Å². The quantitative estimate of drug-likeness (QED) is 0.797. The minimum atomic E-state index is -0.712. The van der Waals surface area contributed by atoms with E-state index in [9.17, 15) is 4.79 Å². The van der Waals surface area contributed by atoms with Crippen molar-refractivity contribution < 1.29 is 9.53 Å². The summed E-state index contributed by atoms with van der Waals surface area (Å²) in [6.07, 6.45) is 4.07. The van der Waals surface area contributed by atoms with E-state index < -0.39 is 11.7 Å². The van der Waals surface area contributed by atoms with Crippen molar-refractivity contribution in [3.8, 4) is 6.07 Å². The topological polar surface area (TPSA) is 76.1 Å². The van der Waals surface area contributed by atoms with Crippen molar-refractivity contribution in [1.82, 2.24) is 0 Å². The van der Waals surface area contributed by atoms with Crippen molar-refractivity contribution in [3.63, 3.8) is 0 Å². The number of hydrogen-bond acceptors (Lipinski definition) is 3. The minimum absolute atomic E-state index is 0.488. The standard InChI is InChI=1S/C12H20N2O2/c1-12(2,16-11(14)15)8-10-4-3-9(7-10)5-6-13/h9-10H,3-5,7-8H2,1-2H3,(H2,14,15)/t9-,10-/m0/s1. The Morgan fingerprint density at radius 3 is 2.69 bits per heavy atom. The summed E-state index contributed by atoms with van der Waals surface area (Å²) in [5.74, 6) is 1.08. The molecular weight excluding hydrogens is 204 g/mol. The lowest BCUT2D eigenvalue weighted by Gasteiger charge is -2.27. The molecule has 0 aromatic heterocycles. The van der Waals surface area contributed by atoms with Crippen LogP contribution in [-0.2, 0) is 4.74 Å². The molecule has 1 rings (SSSR count). The highest BCUT2D eigenvalue weighted by Crippen LogP contribution is 2.38. The second kappa shape index (κ2) is 5.20. The molecule has 0 unspecified atom stereocenters. The summed E-state index contributed by atoms with van der Waals surface area (Å²) in [4.78, 5) is 10.7. The highest BCUT2D eigenvalue weighted by molar-refractivity contribution is 5.65. The first kappa shape index (κ1) is 12.8. The molecule has 1 aliphatic carbocycles. The van der Waals surface area contributed by atoms with Crippen LogP contribution in [0.15, 0.2) is 0 Å². The highest BCUT2D eigenvalue weighted by Gasteiger charge is 2.31. The van der Waals surface area contributed by atoms with Gasteiger partial charge in [-0.3, -0.25) is 0 Å². The van der Waals surface area contributed by atoms with Gasteiger partial charge in [0, 0.05) is 6.42 Å². The van der Waals surface area contributed by atoms with E-state index in [-0.39, 0.29) is 0 Å². The number of ether oxygens (including phenoxy) is 1. The summed E-state index contributed by atoms with van der Waals surface area (Å²) in [7, 11) is 0. The maximum atomic E-state index is 10.7. The highest BCUT2D eigenvalue weighted by atomic mass is 16.6. The number of carbonyl (C=O) groups excluding carboxylic acids is 1. The third-order valence-electron chi connectivity index (χ3n) is 3.19. The second-order valence-corrected chi connectivity index (χ2v) is 5.29. The maximum absolute atomic E-state index is 10.7. The SMILES string of the molecule is CC(C)(C[C@H]1CC[C@@H](CC#N)C1)OC(N)=O. The van der Waals surface area contributed by atoms with Crippen molar-refractivity contribution in [2.75, 3.05) is 0 Å². The molecule has 0 aromatic carbocycles. The van der Waals surface area contributed by atoms with E-state index >= 15 is 0 Å². The van der Waals surface area contributed by atoms with Gasteiger partial charge in [-0.2, -0.15) is 5.26 Å². The van der Waals surface area contributed by atoms with Gasteiger partial charge in [0.25, 0.3) is 0 Å². The maximum Gasteiger partial charge on any atom is 0.405 e. The number of carbonyl (C=O) groups is 1. The van der Waals surface area contributed by atoms with Crippen LogP contribution in [0, 0.1) is 23.2 Å². The average Bonchev–Trinajstić information content (AvgIpc) is 2.49. The molecule has 0 spiro atoms. The van der Waals surface area contributed by atoms with E-state index in [2.05, 4.69) is 6.07 Å². The number of hydrogen-bond donors (Lipinski definition) is 1. The Bertz CT molecular complexity index is 294. The Labute approximate surface area is 96.8 Å². The van der Waals surface area contributed by atoms with Crippen LogP contribution in [0.4, 0.5) is 4.79 Å². The van der Waals surface area contributed by atoms with E-state index in [1.165, 1.54) is 0 Å². The molecule has 1 saturated carbocycles. The van der Waals surface area contributed by atoms with E-state index in [1.807, 2.05) is 13.8 Å². The van der Waals surface area contributed by atoms with Gasteiger partial charge in [0.2, 0.25) is 0 Å². The molecule has 90 valence electrons. The van der Waals surface area contributed by atoms with Crippen LogP contribution in [0.25, 0.3) is 0 Å². The van der Waals surface area contributed by atoms with E-state index in [1.54, 1.807) is 0 Å². The molecule has 1 amide bonds. The molecule has 0 aromatic rings. The molecule has 4 heteroatoms. The Balaban J connectivity index is 2.38. The first-order valence-electron chi connectivity index (χ1n) is 5.78. The summed E-state index contributed by atoms with van der Waals surface area (Å²) in [6, 6.07) is 2.22. The Morgan fingerprint density at radius 2 is 2.12 bits per heavy atom. The molecule has 0 heterocycles. The number of rotatable bonds is 4. The van der Waals surface area contributed by atoms with E-state index in [4.69, 9.17) is 15.7 Å². The molecule has 0 radical (unpaired) electrons. The van der Waals surface area contributed by atoms with E-state index in [0.29, 0.717) is 18.3 Å². The van der Waals surface area contributed by atoms with Crippen molar-refractivity contribution >= 4 is 6.09 Å². The van der Waals surface area contributed by atoms with Crippen LogP contribution in [0.5, 0.6) is 0 Å². The molecule has 1 fully saturated rings. The van der Waals surface area contributed by atoms with Gasteiger partial charge in [0.1, 0.15) is 5.60 Å². The van der Waals surface area contributed by atoms with E-state index in [0.717, 1.165) is 25.7 Å². The fourth-order valence-electron chi connectivity index (χ4n) is 2.69. The Kier molecular flexibility index (Phi) is 4.17. The minimum Gasteiger partial charge on any atom is -0.444 e. The predicted octanol–water partition coefficient (Wildman–Crippen LogP) is 2.58. The van der Waals surface area contributed by atoms with Gasteiger partial charge >= 0.3 is 6.09 Å². The summed E-state index contributed by atoms with van der Waals surface area (Å²) >= 11 is 0. The lowest BCUT2D eigenvalue weighted by Crippen LogP contribution is -2.32. The van der Waals surface area contributed by atoms with Gasteiger partial charge in [-0.1, -0.05) is 0 Å². The third kappa shape index (κ3) is 4.09. The molecule has 16 heavy (non-hydrogen) atoms. The van der Waals surface area contributed by atoms with Crippen molar-refractivity contribution in [1.29, 1.82) is 5.26 Å². The first-order valence-corrected chi connectivity index (χ1v) is 5.78. The fourth-order valence-corrected chi connectivity index (χ4v) is 2.69. The number of nitrogens with two attached hydrogens (primary N) is 1. The molecular formula is C12H20N2O2. The zero-order valence-electron chi connectivity index (χ0n) is 10.0. The zero-order chi connectivity index (χ0) is 12.2. The van der Waals surface area contributed by atoms with Crippen molar-refractivity contribution in [2.45, 2.75) is 51.6 Å². The van der Waals surface area contributed by atoms with Gasteiger partial charge < -0.3 is 10.5 Å².